The molecule has 0 amide bonds. The van der Waals surface area contributed by atoms with Crippen LogP contribution in [0.15, 0.2) is 6.07 Å². The summed E-state index contributed by atoms with van der Waals surface area (Å²) >= 11 is 0. The predicted octanol–water partition coefficient (Wildman–Crippen LogP) is 1.79. The zero-order valence-electron chi connectivity index (χ0n) is 10.4. The Morgan fingerprint density at radius 2 is 1.41 bits per heavy atom. The predicted molar refractivity (Wildman–Crippen MR) is 62.0 cm³/mol. The van der Waals surface area contributed by atoms with Gasteiger partial charge in [0.05, 0.1) is 46.5 Å². The molecule has 0 aromatic heterocycles. The summed E-state index contributed by atoms with van der Waals surface area (Å²) < 4.78 is 20.9. The standard InChI is InChI=1S/C12H15NO4/c1-14-9-7-10(15-2)12(17-4)8(5-6-13)11(9)16-3/h7H,5H2,1-4H3. The summed E-state index contributed by atoms with van der Waals surface area (Å²) in [5.74, 6) is 2.00. The minimum atomic E-state index is 0.153. The average molecular weight is 237 g/mol. The van der Waals surface area contributed by atoms with Crippen LogP contribution in [0.4, 0.5) is 0 Å². The lowest BCUT2D eigenvalue weighted by Crippen LogP contribution is -2.01. The third kappa shape index (κ3) is 2.36. The lowest BCUT2D eigenvalue weighted by molar-refractivity contribution is 0.324. The summed E-state index contributed by atoms with van der Waals surface area (Å²) in [6.45, 7) is 0. The molecule has 1 aromatic rings. The van der Waals surface area contributed by atoms with Gasteiger partial charge < -0.3 is 18.9 Å². The maximum Gasteiger partial charge on any atom is 0.168 e. The van der Waals surface area contributed by atoms with Gasteiger partial charge in [-0.05, 0) is 0 Å². The number of methoxy groups -OCH3 is 4. The smallest absolute Gasteiger partial charge is 0.168 e. The molecule has 92 valence electrons. The number of rotatable bonds is 5. The fourth-order valence-electron chi connectivity index (χ4n) is 1.64. The lowest BCUT2D eigenvalue weighted by Gasteiger charge is -2.17. The largest absolute Gasteiger partial charge is 0.493 e. The molecule has 0 aliphatic heterocycles. The van der Waals surface area contributed by atoms with Gasteiger partial charge in [0.1, 0.15) is 0 Å². The second kappa shape index (κ2) is 5.85. The third-order valence-corrected chi connectivity index (χ3v) is 2.36. The van der Waals surface area contributed by atoms with E-state index in [1.54, 1.807) is 6.07 Å². The van der Waals surface area contributed by atoms with Gasteiger partial charge in [-0.15, -0.1) is 0 Å². The van der Waals surface area contributed by atoms with Crippen LogP contribution >= 0.6 is 0 Å². The Morgan fingerprint density at radius 3 is 1.71 bits per heavy atom. The molecular weight excluding hydrogens is 222 g/mol. The Morgan fingerprint density at radius 1 is 0.941 bits per heavy atom. The molecule has 0 bridgehead atoms. The molecule has 0 N–H and O–H groups in total. The molecule has 1 aromatic carbocycles. The SMILES string of the molecule is COc1cc(OC)c(OC)c(CC#N)c1OC. The van der Waals surface area contributed by atoms with Gasteiger partial charge >= 0.3 is 0 Å². The van der Waals surface area contributed by atoms with Crippen molar-refractivity contribution in [3.63, 3.8) is 0 Å². The summed E-state index contributed by atoms with van der Waals surface area (Å²) in [5, 5.41) is 8.84. The summed E-state index contributed by atoms with van der Waals surface area (Å²) in [6.07, 6.45) is 0.153. The molecule has 5 nitrogen and oxygen atoms in total. The summed E-state index contributed by atoms with van der Waals surface area (Å²) in [4.78, 5) is 0. The highest BCUT2D eigenvalue weighted by molar-refractivity contribution is 5.61. The van der Waals surface area contributed by atoms with E-state index in [-0.39, 0.29) is 6.42 Å². The molecule has 0 saturated heterocycles. The Balaban J connectivity index is 3.52. The summed E-state index contributed by atoms with van der Waals surface area (Å²) in [7, 11) is 6.09. The van der Waals surface area contributed by atoms with Gasteiger partial charge in [0.25, 0.3) is 0 Å². The molecule has 0 radical (unpaired) electrons. The Hall–Kier alpha value is -2.09. The van der Waals surface area contributed by atoms with Crippen molar-refractivity contribution in [3.8, 4) is 29.1 Å². The zero-order chi connectivity index (χ0) is 12.8. The number of hydrogen-bond donors (Lipinski definition) is 0. The van der Waals surface area contributed by atoms with E-state index in [4.69, 9.17) is 24.2 Å². The van der Waals surface area contributed by atoms with Gasteiger partial charge in [0.15, 0.2) is 23.0 Å². The van der Waals surface area contributed by atoms with Gasteiger partial charge in [-0.2, -0.15) is 5.26 Å². The van der Waals surface area contributed by atoms with E-state index >= 15 is 0 Å². The molecule has 17 heavy (non-hydrogen) atoms. The summed E-state index contributed by atoms with van der Waals surface area (Å²) in [6, 6.07) is 3.73. The van der Waals surface area contributed by atoms with Crippen molar-refractivity contribution in [2.75, 3.05) is 28.4 Å². The van der Waals surface area contributed by atoms with E-state index in [9.17, 15) is 0 Å². The number of hydrogen-bond acceptors (Lipinski definition) is 5. The Kier molecular flexibility index (Phi) is 4.46. The molecule has 1 rings (SSSR count). The molecular formula is C12H15NO4. The van der Waals surface area contributed by atoms with Crippen molar-refractivity contribution in [3.05, 3.63) is 11.6 Å². The first-order chi connectivity index (χ1) is 8.23. The first kappa shape index (κ1) is 13.0. The van der Waals surface area contributed by atoms with E-state index in [1.165, 1.54) is 28.4 Å². The average Bonchev–Trinajstić information content (AvgIpc) is 2.37. The second-order valence-electron chi connectivity index (χ2n) is 3.16. The number of nitrogens with zero attached hydrogens (tertiary/aromatic N) is 1. The molecule has 0 spiro atoms. The molecule has 0 saturated carbocycles. The van der Waals surface area contributed by atoms with Crippen molar-refractivity contribution >= 4 is 0 Å². The van der Waals surface area contributed by atoms with E-state index in [0.29, 0.717) is 28.6 Å². The van der Waals surface area contributed by atoms with Crippen LogP contribution in [0.25, 0.3) is 0 Å². The van der Waals surface area contributed by atoms with Crippen LogP contribution in [0.1, 0.15) is 5.56 Å². The minimum absolute atomic E-state index is 0.153. The monoisotopic (exact) mass is 237 g/mol. The minimum Gasteiger partial charge on any atom is -0.493 e. The highest BCUT2D eigenvalue weighted by atomic mass is 16.5. The highest BCUT2D eigenvalue weighted by Gasteiger charge is 2.20. The van der Waals surface area contributed by atoms with Gasteiger partial charge in [0.2, 0.25) is 0 Å². The van der Waals surface area contributed by atoms with Crippen LogP contribution in [0.5, 0.6) is 23.0 Å². The van der Waals surface area contributed by atoms with Gasteiger partial charge in [-0.3, -0.25) is 0 Å². The quantitative estimate of drug-likeness (QED) is 0.781. The molecule has 5 heteroatoms. The molecule has 0 atom stereocenters. The van der Waals surface area contributed by atoms with Gasteiger partial charge in [-0.25, -0.2) is 0 Å². The van der Waals surface area contributed by atoms with Crippen LogP contribution < -0.4 is 18.9 Å². The molecule has 0 fully saturated rings. The topological polar surface area (TPSA) is 60.7 Å². The van der Waals surface area contributed by atoms with E-state index < -0.39 is 0 Å². The van der Waals surface area contributed by atoms with Crippen LogP contribution in [-0.2, 0) is 6.42 Å². The Bertz CT molecular complexity index is 407. The third-order valence-electron chi connectivity index (χ3n) is 2.36. The van der Waals surface area contributed by atoms with Crippen molar-refractivity contribution in [1.29, 1.82) is 5.26 Å². The van der Waals surface area contributed by atoms with Crippen LogP contribution in [0, 0.1) is 11.3 Å². The first-order valence-electron chi connectivity index (χ1n) is 4.96. The molecule has 0 aliphatic rings. The van der Waals surface area contributed by atoms with Crippen molar-refractivity contribution in [1.82, 2.24) is 0 Å². The molecule has 0 aliphatic carbocycles. The van der Waals surface area contributed by atoms with Crippen LogP contribution in [-0.4, -0.2) is 28.4 Å². The van der Waals surface area contributed by atoms with E-state index in [0.717, 1.165) is 0 Å². The second-order valence-corrected chi connectivity index (χ2v) is 3.16. The zero-order valence-corrected chi connectivity index (χ0v) is 10.4. The highest BCUT2D eigenvalue weighted by Crippen LogP contribution is 2.44. The number of ether oxygens (including phenoxy) is 4. The summed E-state index contributed by atoms with van der Waals surface area (Å²) in [5.41, 5.74) is 0.619. The first-order valence-corrected chi connectivity index (χ1v) is 4.96. The van der Waals surface area contributed by atoms with Crippen molar-refractivity contribution < 1.29 is 18.9 Å². The van der Waals surface area contributed by atoms with E-state index in [1.807, 2.05) is 0 Å². The molecule has 0 unspecified atom stereocenters. The van der Waals surface area contributed by atoms with Crippen LogP contribution in [0.3, 0.4) is 0 Å². The van der Waals surface area contributed by atoms with Gasteiger partial charge in [0, 0.05) is 6.07 Å². The van der Waals surface area contributed by atoms with E-state index in [2.05, 4.69) is 6.07 Å². The Labute approximate surface area is 100 Å². The lowest BCUT2D eigenvalue weighted by atomic mass is 10.1. The normalized spacial score (nSPS) is 9.35. The molecule has 0 heterocycles. The number of nitriles is 1. The van der Waals surface area contributed by atoms with Crippen molar-refractivity contribution in [2.24, 2.45) is 0 Å². The van der Waals surface area contributed by atoms with Crippen LogP contribution in [0.2, 0.25) is 0 Å². The maximum atomic E-state index is 8.84. The van der Waals surface area contributed by atoms with Gasteiger partial charge in [-0.1, -0.05) is 0 Å². The fourth-order valence-corrected chi connectivity index (χ4v) is 1.64. The fraction of sp³-hybridized carbons (Fsp3) is 0.417. The van der Waals surface area contributed by atoms with Crippen molar-refractivity contribution in [2.45, 2.75) is 6.42 Å². The maximum absolute atomic E-state index is 8.84. The number of benzene rings is 1.